The highest BCUT2D eigenvalue weighted by Gasteiger charge is 2.05. The highest BCUT2D eigenvalue weighted by Crippen LogP contribution is 2.21. The van der Waals surface area contributed by atoms with Crippen molar-refractivity contribution in [2.24, 2.45) is 5.92 Å². The minimum absolute atomic E-state index is 0.752. The van der Waals surface area contributed by atoms with Gasteiger partial charge in [-0.1, -0.05) is 44.9 Å². The molecule has 0 aliphatic carbocycles. The van der Waals surface area contributed by atoms with E-state index < -0.39 is 0 Å². The van der Waals surface area contributed by atoms with Crippen LogP contribution in [0.15, 0.2) is 36.5 Å². The number of fused-ring (bicyclic) bond motifs is 1. The van der Waals surface area contributed by atoms with E-state index >= 15 is 0 Å². The van der Waals surface area contributed by atoms with Crippen LogP contribution in [0.5, 0.6) is 0 Å². The summed E-state index contributed by atoms with van der Waals surface area (Å²) in [5.74, 6) is 0.752. The minimum Gasteiger partial charge on any atom is -0.384 e. The van der Waals surface area contributed by atoms with E-state index in [2.05, 4.69) is 48.4 Å². The Kier molecular flexibility index (Phi) is 3.97. The lowest BCUT2D eigenvalue weighted by atomic mass is 10.0. The number of aromatic nitrogens is 1. The first kappa shape index (κ1) is 11.9. The summed E-state index contributed by atoms with van der Waals surface area (Å²) < 4.78 is 0. The van der Waals surface area contributed by atoms with E-state index in [4.69, 9.17) is 0 Å². The normalized spacial score (nSPS) is 11.0. The van der Waals surface area contributed by atoms with Gasteiger partial charge in [0, 0.05) is 23.8 Å². The Balaban J connectivity index is 2.18. The number of hydrogen-bond donors (Lipinski definition) is 1. The summed E-state index contributed by atoms with van der Waals surface area (Å²) in [6.45, 7) is 5.54. The van der Waals surface area contributed by atoms with Gasteiger partial charge in [-0.3, -0.25) is 4.98 Å². The van der Waals surface area contributed by atoms with Crippen LogP contribution >= 0.6 is 0 Å². The first-order valence-electron chi connectivity index (χ1n) is 6.42. The summed E-state index contributed by atoms with van der Waals surface area (Å²) >= 11 is 0. The van der Waals surface area contributed by atoms with Crippen molar-refractivity contribution in [3.63, 3.8) is 0 Å². The minimum atomic E-state index is 0.752. The molecule has 17 heavy (non-hydrogen) atoms. The fraction of sp³-hybridized carbons (Fsp3) is 0.400. The molecule has 1 heterocycles. The quantitative estimate of drug-likeness (QED) is 0.834. The third-order valence-electron chi connectivity index (χ3n) is 3.38. The number of pyridine rings is 1. The fourth-order valence-electron chi connectivity index (χ4n) is 2.08. The Labute approximate surface area is 103 Å². The number of benzene rings is 1. The van der Waals surface area contributed by atoms with Gasteiger partial charge in [0.25, 0.3) is 0 Å². The molecule has 1 aromatic heterocycles. The van der Waals surface area contributed by atoms with Crippen molar-refractivity contribution in [2.45, 2.75) is 26.7 Å². The topological polar surface area (TPSA) is 24.9 Å². The largest absolute Gasteiger partial charge is 0.384 e. The zero-order valence-electron chi connectivity index (χ0n) is 10.6. The third-order valence-corrected chi connectivity index (χ3v) is 3.38. The number of anilines is 1. The van der Waals surface area contributed by atoms with Gasteiger partial charge in [0.05, 0.1) is 5.52 Å². The monoisotopic (exact) mass is 228 g/mol. The molecule has 0 saturated heterocycles. The molecular formula is C15H20N2. The van der Waals surface area contributed by atoms with E-state index in [0.717, 1.165) is 18.0 Å². The van der Waals surface area contributed by atoms with Crippen LogP contribution in [0.2, 0.25) is 0 Å². The lowest BCUT2D eigenvalue weighted by Gasteiger charge is -2.15. The van der Waals surface area contributed by atoms with Crippen molar-refractivity contribution in [3.8, 4) is 0 Å². The molecule has 0 spiro atoms. The molecule has 0 unspecified atom stereocenters. The Morgan fingerprint density at radius 2 is 1.88 bits per heavy atom. The maximum absolute atomic E-state index is 4.37. The van der Waals surface area contributed by atoms with Crippen LogP contribution in [0, 0.1) is 5.92 Å². The Hall–Kier alpha value is -1.57. The average molecular weight is 228 g/mol. The van der Waals surface area contributed by atoms with Crippen molar-refractivity contribution >= 4 is 16.6 Å². The summed E-state index contributed by atoms with van der Waals surface area (Å²) in [4.78, 5) is 4.37. The second-order valence-electron chi connectivity index (χ2n) is 4.44. The molecule has 0 amide bonds. The van der Waals surface area contributed by atoms with Crippen LogP contribution < -0.4 is 5.32 Å². The summed E-state index contributed by atoms with van der Waals surface area (Å²) in [6, 6.07) is 10.3. The van der Waals surface area contributed by atoms with Crippen LogP contribution in [-0.4, -0.2) is 11.5 Å². The number of nitrogens with zero attached hydrogens (tertiary/aromatic N) is 1. The van der Waals surface area contributed by atoms with Crippen LogP contribution in [0.25, 0.3) is 10.9 Å². The number of hydrogen-bond acceptors (Lipinski definition) is 2. The zero-order valence-corrected chi connectivity index (χ0v) is 10.6. The Bertz CT molecular complexity index is 470. The molecule has 2 heteroatoms. The Morgan fingerprint density at radius 1 is 1.12 bits per heavy atom. The van der Waals surface area contributed by atoms with Crippen molar-refractivity contribution in [1.82, 2.24) is 4.98 Å². The first-order valence-corrected chi connectivity index (χ1v) is 6.42. The number of rotatable bonds is 5. The van der Waals surface area contributed by atoms with Gasteiger partial charge in [0.1, 0.15) is 0 Å². The standard InChI is InChI=1S/C15H20N2/c1-3-12(4-2)11-17-15-9-10-16-14-8-6-5-7-13(14)15/h5-10,12H,3-4,11H2,1-2H3,(H,16,17). The van der Waals surface area contributed by atoms with E-state index in [9.17, 15) is 0 Å². The molecule has 2 aromatic rings. The average Bonchev–Trinajstić information content (AvgIpc) is 2.40. The molecule has 2 rings (SSSR count). The lowest BCUT2D eigenvalue weighted by Crippen LogP contribution is -2.12. The molecule has 0 radical (unpaired) electrons. The van der Waals surface area contributed by atoms with Gasteiger partial charge in [0.15, 0.2) is 0 Å². The fourth-order valence-corrected chi connectivity index (χ4v) is 2.08. The SMILES string of the molecule is CCC(CC)CNc1ccnc2ccccc12. The molecule has 1 aromatic carbocycles. The van der Waals surface area contributed by atoms with Crippen LogP contribution in [-0.2, 0) is 0 Å². The van der Waals surface area contributed by atoms with E-state index in [-0.39, 0.29) is 0 Å². The smallest absolute Gasteiger partial charge is 0.0722 e. The predicted octanol–water partition coefficient (Wildman–Crippen LogP) is 4.08. The molecule has 0 saturated carbocycles. The van der Waals surface area contributed by atoms with E-state index in [1.54, 1.807) is 0 Å². The van der Waals surface area contributed by atoms with Gasteiger partial charge in [0.2, 0.25) is 0 Å². The Morgan fingerprint density at radius 3 is 2.65 bits per heavy atom. The molecule has 0 bridgehead atoms. The third kappa shape index (κ3) is 2.76. The zero-order chi connectivity index (χ0) is 12.1. The van der Waals surface area contributed by atoms with Crippen molar-refractivity contribution < 1.29 is 0 Å². The second-order valence-corrected chi connectivity index (χ2v) is 4.44. The van der Waals surface area contributed by atoms with Gasteiger partial charge in [-0.25, -0.2) is 0 Å². The summed E-state index contributed by atoms with van der Waals surface area (Å²) in [5.41, 5.74) is 2.25. The van der Waals surface area contributed by atoms with Gasteiger partial charge in [-0.2, -0.15) is 0 Å². The van der Waals surface area contributed by atoms with Gasteiger partial charge in [-0.05, 0) is 18.1 Å². The highest BCUT2D eigenvalue weighted by atomic mass is 14.9. The van der Waals surface area contributed by atoms with Crippen LogP contribution in [0.1, 0.15) is 26.7 Å². The summed E-state index contributed by atoms with van der Waals surface area (Å²) in [7, 11) is 0. The summed E-state index contributed by atoms with van der Waals surface area (Å²) in [5, 5.41) is 4.76. The van der Waals surface area contributed by atoms with Crippen molar-refractivity contribution in [2.75, 3.05) is 11.9 Å². The molecule has 2 nitrogen and oxygen atoms in total. The van der Waals surface area contributed by atoms with E-state index in [0.29, 0.717) is 0 Å². The van der Waals surface area contributed by atoms with Gasteiger partial charge in [-0.15, -0.1) is 0 Å². The van der Waals surface area contributed by atoms with E-state index in [1.807, 2.05) is 12.3 Å². The molecule has 0 aliphatic heterocycles. The second kappa shape index (κ2) is 5.67. The van der Waals surface area contributed by atoms with Gasteiger partial charge < -0.3 is 5.32 Å². The lowest BCUT2D eigenvalue weighted by molar-refractivity contribution is 0.519. The van der Waals surface area contributed by atoms with Crippen LogP contribution in [0.3, 0.4) is 0 Å². The molecule has 90 valence electrons. The number of nitrogens with one attached hydrogen (secondary N) is 1. The summed E-state index contributed by atoms with van der Waals surface area (Å²) in [6.07, 6.45) is 4.33. The molecule has 1 N–H and O–H groups in total. The maximum atomic E-state index is 4.37. The van der Waals surface area contributed by atoms with Crippen molar-refractivity contribution in [1.29, 1.82) is 0 Å². The number of para-hydroxylation sites is 1. The molecule has 0 fully saturated rings. The molecule has 0 atom stereocenters. The van der Waals surface area contributed by atoms with Gasteiger partial charge >= 0.3 is 0 Å². The van der Waals surface area contributed by atoms with Crippen molar-refractivity contribution in [3.05, 3.63) is 36.5 Å². The van der Waals surface area contributed by atoms with E-state index in [1.165, 1.54) is 23.9 Å². The molecule has 0 aliphatic rings. The van der Waals surface area contributed by atoms with Crippen LogP contribution in [0.4, 0.5) is 5.69 Å². The predicted molar refractivity (Wildman–Crippen MR) is 74.3 cm³/mol. The highest BCUT2D eigenvalue weighted by molar-refractivity contribution is 5.90. The molecular weight excluding hydrogens is 208 g/mol. The first-order chi connectivity index (χ1) is 8.35. The maximum Gasteiger partial charge on any atom is 0.0722 e.